The van der Waals surface area contributed by atoms with Gasteiger partial charge in [-0.1, -0.05) is 0 Å². The summed E-state index contributed by atoms with van der Waals surface area (Å²) in [7, 11) is 0. The molecule has 1 heterocycles. The largest absolute Gasteiger partial charge is 0.343 e. The molecular weight excluding hydrogens is 130 g/mol. The fourth-order valence-electron chi connectivity index (χ4n) is 0.688. The Morgan fingerprint density at radius 3 is 2.90 bits per heavy atom. The number of carbonyl (C=O) groups is 1. The molecule has 2 amide bonds. The fourth-order valence-corrected chi connectivity index (χ4v) is 0.688. The zero-order chi connectivity index (χ0) is 7.56. The van der Waals surface area contributed by atoms with Gasteiger partial charge in [0.05, 0.1) is 13.0 Å². The van der Waals surface area contributed by atoms with E-state index in [1.165, 1.54) is 0 Å². The Kier molecular flexibility index (Phi) is 1.89. The number of urea groups is 1. The molecule has 4 nitrogen and oxygen atoms in total. The smallest absolute Gasteiger partial charge is 0.342 e. The van der Waals surface area contributed by atoms with E-state index in [-0.39, 0.29) is 6.03 Å². The molecule has 1 aliphatic heterocycles. The Balaban J connectivity index is 2.53. The molecule has 0 aromatic carbocycles. The van der Waals surface area contributed by atoms with Gasteiger partial charge in [0, 0.05) is 6.04 Å². The van der Waals surface area contributed by atoms with E-state index in [2.05, 4.69) is 10.3 Å². The minimum atomic E-state index is -0.253. The summed E-state index contributed by atoms with van der Waals surface area (Å²) in [6.07, 6.45) is 1.57. The summed E-state index contributed by atoms with van der Waals surface area (Å²) in [5.74, 6) is 0. The Hall–Kier alpha value is -1.06. The first-order valence-corrected chi connectivity index (χ1v) is 3.28. The van der Waals surface area contributed by atoms with Gasteiger partial charge in [0.25, 0.3) is 0 Å². The first-order valence-electron chi connectivity index (χ1n) is 3.28. The number of carbonyl (C=O) groups excluding carboxylic acids is 1. The van der Waals surface area contributed by atoms with Gasteiger partial charge in [-0.2, -0.15) is 4.99 Å². The van der Waals surface area contributed by atoms with Crippen LogP contribution >= 0.6 is 0 Å². The third-order valence-corrected chi connectivity index (χ3v) is 1.40. The van der Waals surface area contributed by atoms with E-state index in [4.69, 9.17) is 0 Å². The van der Waals surface area contributed by atoms with Crippen LogP contribution in [0.25, 0.3) is 0 Å². The molecule has 0 aliphatic carbocycles. The van der Waals surface area contributed by atoms with E-state index in [1.807, 2.05) is 18.7 Å². The normalized spacial score (nSPS) is 17.9. The minimum Gasteiger partial charge on any atom is -0.342 e. The number of nitrogens with zero attached hydrogens (tertiary/aromatic N) is 2. The third-order valence-electron chi connectivity index (χ3n) is 1.40. The second-order valence-corrected chi connectivity index (χ2v) is 2.49. The van der Waals surface area contributed by atoms with Crippen molar-refractivity contribution in [1.29, 1.82) is 0 Å². The number of amides is 2. The Labute approximate surface area is 59.9 Å². The maximum Gasteiger partial charge on any atom is 0.343 e. The molecule has 0 saturated carbocycles. The summed E-state index contributed by atoms with van der Waals surface area (Å²) in [4.78, 5) is 16.0. The van der Waals surface area contributed by atoms with Crippen LogP contribution in [-0.4, -0.2) is 30.0 Å². The predicted octanol–water partition coefficient (Wildman–Crippen LogP) is 0.406. The molecule has 56 valence electrons. The quantitative estimate of drug-likeness (QED) is 0.574. The van der Waals surface area contributed by atoms with Crippen LogP contribution in [0.4, 0.5) is 4.79 Å². The number of hydrogen-bond donors (Lipinski definition) is 1. The van der Waals surface area contributed by atoms with Crippen molar-refractivity contribution in [2.45, 2.75) is 19.9 Å². The van der Waals surface area contributed by atoms with Gasteiger partial charge in [-0.25, -0.2) is 4.79 Å². The maximum atomic E-state index is 10.5. The van der Waals surface area contributed by atoms with Crippen molar-refractivity contribution < 1.29 is 4.79 Å². The summed E-state index contributed by atoms with van der Waals surface area (Å²) < 4.78 is 0. The lowest BCUT2D eigenvalue weighted by molar-refractivity contribution is 0.235. The highest BCUT2D eigenvalue weighted by molar-refractivity contribution is 5.84. The van der Waals surface area contributed by atoms with Crippen LogP contribution in [0.1, 0.15) is 13.8 Å². The second-order valence-electron chi connectivity index (χ2n) is 2.49. The van der Waals surface area contributed by atoms with Gasteiger partial charge in [-0.3, -0.25) is 0 Å². The molecule has 0 saturated heterocycles. The van der Waals surface area contributed by atoms with Crippen LogP contribution in [0.5, 0.6) is 0 Å². The lowest BCUT2D eigenvalue weighted by atomic mass is 10.3. The van der Waals surface area contributed by atoms with Crippen LogP contribution in [-0.2, 0) is 0 Å². The standard InChI is InChI=1S/C6H11N3O/c1-5(2)9-3-7-6(10)8-4-9/h3,5H,4H2,1-2H3,(H,8,10). The van der Waals surface area contributed by atoms with Crippen LogP contribution in [0.15, 0.2) is 4.99 Å². The number of nitrogens with one attached hydrogen (secondary N) is 1. The summed E-state index contributed by atoms with van der Waals surface area (Å²) in [6.45, 7) is 4.66. The SMILES string of the molecule is CC(C)N1C=NC(=O)NC1. The van der Waals surface area contributed by atoms with Gasteiger partial charge in [0.2, 0.25) is 0 Å². The van der Waals surface area contributed by atoms with Crippen molar-refractivity contribution >= 4 is 12.4 Å². The topological polar surface area (TPSA) is 44.7 Å². The molecule has 0 aromatic rings. The van der Waals surface area contributed by atoms with Crippen LogP contribution in [0, 0.1) is 0 Å². The van der Waals surface area contributed by atoms with E-state index in [9.17, 15) is 4.79 Å². The van der Waals surface area contributed by atoms with Crippen molar-refractivity contribution in [3.8, 4) is 0 Å². The second kappa shape index (κ2) is 2.68. The molecule has 0 fully saturated rings. The monoisotopic (exact) mass is 141 g/mol. The van der Waals surface area contributed by atoms with Crippen molar-refractivity contribution in [2.75, 3.05) is 6.67 Å². The molecule has 1 rings (SSSR count). The predicted molar refractivity (Wildman–Crippen MR) is 38.9 cm³/mol. The van der Waals surface area contributed by atoms with Crippen molar-refractivity contribution in [3.63, 3.8) is 0 Å². The van der Waals surface area contributed by atoms with E-state index < -0.39 is 0 Å². The zero-order valence-corrected chi connectivity index (χ0v) is 6.16. The van der Waals surface area contributed by atoms with Gasteiger partial charge in [-0.05, 0) is 13.8 Å². The van der Waals surface area contributed by atoms with Crippen molar-refractivity contribution in [1.82, 2.24) is 10.2 Å². The van der Waals surface area contributed by atoms with Crippen molar-refractivity contribution in [3.05, 3.63) is 0 Å². The van der Waals surface area contributed by atoms with Gasteiger partial charge < -0.3 is 10.2 Å². The fraction of sp³-hybridized carbons (Fsp3) is 0.667. The molecule has 0 bridgehead atoms. The molecule has 1 aliphatic rings. The molecule has 0 spiro atoms. The highest BCUT2D eigenvalue weighted by Crippen LogP contribution is 1.95. The van der Waals surface area contributed by atoms with Gasteiger partial charge >= 0.3 is 6.03 Å². The summed E-state index contributed by atoms with van der Waals surface area (Å²) in [5, 5.41) is 2.60. The zero-order valence-electron chi connectivity index (χ0n) is 6.16. The lowest BCUT2D eigenvalue weighted by Crippen LogP contribution is -2.43. The highest BCUT2D eigenvalue weighted by Gasteiger charge is 2.10. The van der Waals surface area contributed by atoms with Gasteiger partial charge in [0.1, 0.15) is 0 Å². The molecule has 0 radical (unpaired) electrons. The van der Waals surface area contributed by atoms with E-state index in [1.54, 1.807) is 6.34 Å². The maximum absolute atomic E-state index is 10.5. The number of hydrogen-bond acceptors (Lipinski definition) is 2. The van der Waals surface area contributed by atoms with E-state index in [0.717, 1.165) is 0 Å². The Bertz CT molecular complexity index is 164. The highest BCUT2D eigenvalue weighted by atomic mass is 16.2. The minimum absolute atomic E-state index is 0.253. The van der Waals surface area contributed by atoms with Gasteiger partial charge in [-0.15, -0.1) is 0 Å². The van der Waals surface area contributed by atoms with Crippen LogP contribution in [0.3, 0.4) is 0 Å². The summed E-state index contributed by atoms with van der Waals surface area (Å²) in [5.41, 5.74) is 0. The van der Waals surface area contributed by atoms with E-state index >= 15 is 0 Å². The Morgan fingerprint density at radius 1 is 1.80 bits per heavy atom. The number of rotatable bonds is 1. The molecule has 10 heavy (non-hydrogen) atoms. The third kappa shape index (κ3) is 1.46. The molecule has 0 unspecified atom stereocenters. The van der Waals surface area contributed by atoms with E-state index in [0.29, 0.717) is 12.7 Å². The summed E-state index contributed by atoms with van der Waals surface area (Å²) in [6, 6.07) is 0.140. The molecule has 0 atom stereocenters. The molecule has 4 heteroatoms. The first kappa shape index (κ1) is 7.05. The summed E-state index contributed by atoms with van der Waals surface area (Å²) >= 11 is 0. The first-order chi connectivity index (χ1) is 4.70. The Morgan fingerprint density at radius 2 is 2.50 bits per heavy atom. The van der Waals surface area contributed by atoms with Crippen LogP contribution in [0.2, 0.25) is 0 Å². The number of aliphatic imine (C=N–C) groups is 1. The average Bonchev–Trinajstić information content (AvgIpc) is 1.88. The molecular formula is C6H11N3O. The average molecular weight is 141 g/mol. The van der Waals surface area contributed by atoms with Crippen LogP contribution < -0.4 is 5.32 Å². The molecule has 0 aromatic heterocycles. The van der Waals surface area contributed by atoms with Crippen molar-refractivity contribution in [2.24, 2.45) is 4.99 Å². The van der Waals surface area contributed by atoms with Gasteiger partial charge in [0.15, 0.2) is 0 Å². The molecule has 1 N–H and O–H groups in total. The lowest BCUT2D eigenvalue weighted by Gasteiger charge is -2.26.